The number of amides is 1. The van der Waals surface area contributed by atoms with Gasteiger partial charge in [0.05, 0.1) is 23.0 Å². The van der Waals surface area contributed by atoms with E-state index in [1.54, 1.807) is 49.7 Å². The molecule has 7 nitrogen and oxygen atoms in total. The molecule has 1 aliphatic heterocycles. The average Bonchev–Trinajstić information content (AvgIpc) is 3.36. The van der Waals surface area contributed by atoms with Crippen molar-refractivity contribution in [3.05, 3.63) is 66.3 Å². The lowest BCUT2D eigenvalue weighted by atomic mass is 9.92. The third-order valence-corrected chi connectivity index (χ3v) is 8.06. The van der Waals surface area contributed by atoms with Gasteiger partial charge in [-0.3, -0.25) is 9.48 Å². The van der Waals surface area contributed by atoms with Crippen LogP contribution in [0.2, 0.25) is 0 Å². The van der Waals surface area contributed by atoms with Crippen LogP contribution in [-0.4, -0.2) is 69.6 Å². The molecule has 3 unspecified atom stereocenters. The van der Waals surface area contributed by atoms with Crippen molar-refractivity contribution >= 4 is 34.0 Å². The van der Waals surface area contributed by atoms with Crippen molar-refractivity contribution in [3.63, 3.8) is 0 Å². The van der Waals surface area contributed by atoms with Gasteiger partial charge in [0.2, 0.25) is 0 Å². The predicted molar refractivity (Wildman–Crippen MR) is 154 cm³/mol. The molecule has 2 N–H and O–H groups in total. The zero-order valence-electron chi connectivity index (χ0n) is 23.8. The second-order valence-corrected chi connectivity index (χ2v) is 10.8. The molecule has 41 heavy (non-hydrogen) atoms. The van der Waals surface area contributed by atoms with Crippen LogP contribution in [-0.2, 0) is 7.05 Å². The predicted octanol–water partition coefficient (Wildman–Crippen LogP) is 5.85. The fourth-order valence-corrected chi connectivity index (χ4v) is 5.24. The Morgan fingerprint density at radius 2 is 1.90 bits per heavy atom. The van der Waals surface area contributed by atoms with Crippen LogP contribution in [0.4, 0.5) is 23.2 Å². The van der Waals surface area contributed by atoms with Gasteiger partial charge in [-0.25, -0.2) is 9.37 Å². The number of rotatable bonds is 7. The van der Waals surface area contributed by atoms with Gasteiger partial charge in [-0.1, -0.05) is 31.7 Å². The lowest BCUT2D eigenvalue weighted by Crippen LogP contribution is -2.40. The molecule has 1 fully saturated rings. The van der Waals surface area contributed by atoms with Crippen molar-refractivity contribution in [2.24, 2.45) is 13.0 Å². The minimum absolute atomic E-state index is 0.0279. The fraction of sp³-hybridized carbons (Fsp3) is 0.433. The summed E-state index contributed by atoms with van der Waals surface area (Å²) in [6, 6.07) is 7.75. The summed E-state index contributed by atoms with van der Waals surface area (Å²) in [5.74, 6) is -0.633. The molecule has 2 aromatic heterocycles. The van der Waals surface area contributed by atoms with Crippen molar-refractivity contribution in [1.29, 1.82) is 0 Å². The molecule has 1 aromatic carbocycles. The van der Waals surface area contributed by atoms with E-state index in [0.29, 0.717) is 17.5 Å². The Kier molecular flexibility index (Phi) is 8.86. The lowest BCUT2D eigenvalue weighted by Gasteiger charge is -2.31. The van der Waals surface area contributed by atoms with Crippen LogP contribution in [0.1, 0.15) is 49.1 Å². The van der Waals surface area contributed by atoms with Gasteiger partial charge in [-0.05, 0) is 51.6 Å². The lowest BCUT2D eigenvalue weighted by molar-refractivity contribution is -0.0688. The van der Waals surface area contributed by atoms with Crippen molar-refractivity contribution in [3.8, 4) is 0 Å². The molecule has 3 aromatic rings. The fourth-order valence-electron chi connectivity index (χ4n) is 5.24. The summed E-state index contributed by atoms with van der Waals surface area (Å²) in [6.45, 7) is 9.33. The van der Waals surface area contributed by atoms with Crippen LogP contribution in [0.3, 0.4) is 0 Å². The first-order valence-corrected chi connectivity index (χ1v) is 13.5. The first-order valence-electron chi connectivity index (χ1n) is 13.5. The number of anilines is 1. The summed E-state index contributed by atoms with van der Waals surface area (Å²) in [5.41, 5.74) is -0.369. The van der Waals surface area contributed by atoms with E-state index in [-0.39, 0.29) is 52.9 Å². The van der Waals surface area contributed by atoms with Crippen LogP contribution in [0.25, 0.3) is 22.4 Å². The summed E-state index contributed by atoms with van der Waals surface area (Å²) in [7, 11) is 3.68. The first kappa shape index (κ1) is 30.2. The Bertz CT molecular complexity index is 1450. The van der Waals surface area contributed by atoms with Gasteiger partial charge in [0, 0.05) is 54.3 Å². The molecule has 4 rings (SSSR count). The third kappa shape index (κ3) is 6.61. The molecule has 1 saturated heterocycles. The number of carbonyl (C=O) groups is 1. The normalized spacial score (nSPS) is 24.0. The smallest absolute Gasteiger partial charge is 0.379 e. The van der Waals surface area contributed by atoms with Gasteiger partial charge in [-0.15, -0.1) is 0 Å². The largest absolute Gasteiger partial charge is 0.417 e. The molecule has 11 heteroatoms. The molecular formula is C30H36F4N6O. The number of nitrogens with zero attached hydrogens (tertiary/aromatic N) is 4. The number of halogens is 4. The average molecular weight is 573 g/mol. The number of hydrogen-bond donors (Lipinski definition) is 2. The van der Waals surface area contributed by atoms with E-state index in [1.807, 2.05) is 27.8 Å². The van der Waals surface area contributed by atoms with E-state index in [1.165, 1.54) is 10.8 Å². The number of benzene rings is 1. The maximum atomic E-state index is 15.7. The van der Waals surface area contributed by atoms with Gasteiger partial charge in [0.25, 0.3) is 5.91 Å². The van der Waals surface area contributed by atoms with Crippen LogP contribution >= 0.6 is 0 Å². The Hall–Kier alpha value is -3.73. The Morgan fingerprint density at radius 3 is 2.56 bits per heavy atom. The molecule has 0 saturated carbocycles. The number of alkyl halides is 4. The van der Waals surface area contributed by atoms with Crippen LogP contribution < -0.4 is 10.6 Å². The van der Waals surface area contributed by atoms with E-state index < -0.39 is 24.0 Å². The maximum absolute atomic E-state index is 15.7. The molecule has 0 spiro atoms. The SMILES string of the molecule is C=C(c1nc(/C=C/CNC(=O)c2ccn(C)n2)cc2c(N[C@@H]3CC(C)N(C)C(C)C(C)[C@@H]3F)cccc12)C(F)(F)F. The number of carbonyl (C=O) groups excluding carboxylic acids is 1. The van der Waals surface area contributed by atoms with Gasteiger partial charge < -0.3 is 15.5 Å². The molecule has 0 aliphatic carbocycles. The second-order valence-electron chi connectivity index (χ2n) is 10.8. The van der Waals surface area contributed by atoms with E-state index >= 15 is 4.39 Å². The number of aryl methyl sites for hydroxylation is 1. The van der Waals surface area contributed by atoms with Gasteiger partial charge in [0.15, 0.2) is 0 Å². The Balaban J connectivity index is 1.68. The monoisotopic (exact) mass is 572 g/mol. The summed E-state index contributed by atoms with van der Waals surface area (Å²) in [5, 5.41) is 10.8. The molecular weight excluding hydrogens is 536 g/mol. The van der Waals surface area contributed by atoms with Crippen molar-refractivity contribution in [1.82, 2.24) is 25.0 Å². The number of fused-ring (bicyclic) bond motifs is 1. The van der Waals surface area contributed by atoms with Gasteiger partial charge in [0.1, 0.15) is 11.9 Å². The van der Waals surface area contributed by atoms with Crippen LogP contribution in [0, 0.1) is 5.92 Å². The number of aromatic nitrogens is 3. The van der Waals surface area contributed by atoms with Crippen LogP contribution in [0.15, 0.2) is 49.2 Å². The first-order chi connectivity index (χ1) is 19.3. The number of pyridine rings is 1. The number of allylic oxidation sites excluding steroid dienone is 1. The minimum Gasteiger partial charge on any atom is -0.379 e. The second kappa shape index (κ2) is 12.0. The van der Waals surface area contributed by atoms with E-state index in [9.17, 15) is 18.0 Å². The summed E-state index contributed by atoms with van der Waals surface area (Å²) < 4.78 is 58.6. The van der Waals surface area contributed by atoms with E-state index in [2.05, 4.69) is 32.2 Å². The van der Waals surface area contributed by atoms with Gasteiger partial charge in [-0.2, -0.15) is 18.3 Å². The highest BCUT2D eigenvalue weighted by Gasteiger charge is 2.39. The van der Waals surface area contributed by atoms with Crippen molar-refractivity contribution in [2.75, 3.05) is 18.9 Å². The molecule has 3 heterocycles. The maximum Gasteiger partial charge on any atom is 0.417 e. The number of nitrogens with one attached hydrogen (secondary N) is 2. The highest BCUT2D eigenvalue weighted by molar-refractivity contribution is 6.01. The van der Waals surface area contributed by atoms with E-state index in [0.717, 1.165) is 0 Å². The third-order valence-electron chi connectivity index (χ3n) is 8.06. The molecule has 5 atom stereocenters. The Labute approximate surface area is 237 Å². The summed E-state index contributed by atoms with van der Waals surface area (Å²) in [6.07, 6.45) is -0.565. The quantitative estimate of drug-likeness (QED) is 0.347. The zero-order valence-corrected chi connectivity index (χ0v) is 23.8. The minimum atomic E-state index is -4.70. The molecule has 1 aliphatic rings. The molecule has 1 amide bonds. The van der Waals surface area contributed by atoms with E-state index in [4.69, 9.17) is 0 Å². The highest BCUT2D eigenvalue weighted by atomic mass is 19.4. The topological polar surface area (TPSA) is 75.1 Å². The Morgan fingerprint density at radius 1 is 1.17 bits per heavy atom. The number of likely N-dealkylation sites (tertiary alicyclic amines) is 1. The van der Waals surface area contributed by atoms with Gasteiger partial charge >= 0.3 is 6.18 Å². The molecule has 0 radical (unpaired) electrons. The zero-order chi connectivity index (χ0) is 30.1. The van der Waals surface area contributed by atoms with Crippen molar-refractivity contribution < 1.29 is 22.4 Å². The molecule has 220 valence electrons. The standard InChI is InChI=1S/C30H36F4N6O/c1-17-15-26(27(31)18(2)20(4)40(17)6)37-24-11-7-10-22-23(24)16-21(36-28(22)19(3)30(32,33)34)9-8-13-35-29(41)25-12-14-39(5)38-25/h7-12,14,16-18,20,26-27,37H,3,13,15H2,1-2,4-6H3,(H,35,41)/b9-8+/t17?,18?,20?,26-,27+/m1/s1. The van der Waals surface area contributed by atoms with Crippen LogP contribution in [0.5, 0.6) is 0 Å². The highest BCUT2D eigenvalue weighted by Crippen LogP contribution is 2.38. The molecule has 0 bridgehead atoms. The number of hydrogen-bond acceptors (Lipinski definition) is 5. The van der Waals surface area contributed by atoms with Crippen molar-refractivity contribution in [2.45, 2.75) is 57.7 Å². The summed E-state index contributed by atoms with van der Waals surface area (Å²) >= 11 is 0. The summed E-state index contributed by atoms with van der Waals surface area (Å²) in [4.78, 5) is 18.7.